The fraction of sp³-hybridized carbons (Fsp3) is 0.0164. The minimum absolute atomic E-state index is 0.116. The van der Waals surface area contributed by atoms with Crippen LogP contribution < -0.4 is 4.90 Å². The quantitative estimate of drug-likeness (QED) is 0.128. The molecule has 2 nitrogen and oxygen atoms in total. The van der Waals surface area contributed by atoms with Gasteiger partial charge in [-0.05, 0) is 122 Å². The van der Waals surface area contributed by atoms with E-state index in [0.29, 0.717) is 0 Å². The van der Waals surface area contributed by atoms with Gasteiger partial charge in [0.25, 0.3) is 0 Å². The van der Waals surface area contributed by atoms with Crippen molar-refractivity contribution in [3.63, 3.8) is 0 Å². The Morgan fingerprint density at radius 2 is 0.556 bits per heavy atom. The van der Waals surface area contributed by atoms with Gasteiger partial charge in [-0.2, -0.15) is 0 Å². The molecule has 0 N–H and O–H groups in total. The van der Waals surface area contributed by atoms with Crippen molar-refractivity contribution in [3.05, 3.63) is 271 Å². The number of hydrogen-bond acceptors (Lipinski definition) is 2. The molecule has 0 bridgehead atoms. The van der Waals surface area contributed by atoms with Gasteiger partial charge >= 0.3 is 0 Å². The highest BCUT2D eigenvalue weighted by Crippen LogP contribution is 2.40. The average molecular weight is 806 g/mol. The zero-order valence-corrected chi connectivity index (χ0v) is 34.7. The molecular weight excluding hydrogens is 763 g/mol. The zero-order valence-electron chi connectivity index (χ0n) is 34.7. The Morgan fingerprint density at radius 1 is 0.254 bits per heavy atom. The van der Waals surface area contributed by atoms with Crippen LogP contribution in [0.15, 0.2) is 259 Å². The van der Waals surface area contributed by atoms with E-state index in [1.165, 1.54) is 44.5 Å². The van der Waals surface area contributed by atoms with Gasteiger partial charge in [-0.3, -0.25) is 0 Å². The SMILES string of the molecule is c1ccc(-c2ccc(C(c3ccccc3)c3ccc(-c4ccc5oc6ccc(-c7ccc(N(c8ccccc8)c8ccc(-c9ccccc9)cc8)cc7)cc6c5c4)cc3)cc2)cc1. The second-order valence-electron chi connectivity index (χ2n) is 16.1. The average Bonchev–Trinajstić information content (AvgIpc) is 3.74. The first-order valence-corrected chi connectivity index (χ1v) is 21.6. The van der Waals surface area contributed by atoms with E-state index in [0.717, 1.165) is 55.7 Å². The first-order valence-electron chi connectivity index (χ1n) is 21.6. The highest BCUT2D eigenvalue weighted by Gasteiger charge is 2.18. The number of rotatable bonds is 10. The van der Waals surface area contributed by atoms with Crippen molar-refractivity contribution in [1.82, 2.24) is 0 Å². The van der Waals surface area contributed by atoms with Crippen molar-refractivity contribution in [2.24, 2.45) is 0 Å². The Hall–Kier alpha value is -8.20. The second kappa shape index (κ2) is 16.7. The van der Waals surface area contributed by atoms with Crippen LogP contribution in [-0.2, 0) is 0 Å². The molecule has 63 heavy (non-hydrogen) atoms. The Labute approximate surface area is 368 Å². The fourth-order valence-electron chi connectivity index (χ4n) is 8.99. The highest BCUT2D eigenvalue weighted by atomic mass is 16.3. The third-order valence-electron chi connectivity index (χ3n) is 12.2. The number of fused-ring (bicyclic) bond motifs is 3. The molecule has 1 heterocycles. The lowest BCUT2D eigenvalue weighted by atomic mass is 9.84. The van der Waals surface area contributed by atoms with Gasteiger partial charge in [0.15, 0.2) is 0 Å². The second-order valence-corrected chi connectivity index (χ2v) is 16.1. The monoisotopic (exact) mass is 805 g/mol. The maximum atomic E-state index is 6.40. The van der Waals surface area contributed by atoms with Gasteiger partial charge in [0, 0.05) is 33.8 Å². The maximum Gasteiger partial charge on any atom is 0.135 e. The Morgan fingerprint density at radius 3 is 0.984 bits per heavy atom. The molecule has 0 amide bonds. The predicted molar refractivity (Wildman–Crippen MR) is 264 cm³/mol. The van der Waals surface area contributed by atoms with Crippen LogP contribution in [0, 0.1) is 0 Å². The molecule has 1 aromatic heterocycles. The lowest BCUT2D eigenvalue weighted by Crippen LogP contribution is -2.09. The van der Waals surface area contributed by atoms with Crippen LogP contribution in [0.4, 0.5) is 17.1 Å². The molecule has 0 aliphatic heterocycles. The van der Waals surface area contributed by atoms with E-state index < -0.39 is 0 Å². The summed E-state index contributed by atoms with van der Waals surface area (Å²) in [6.07, 6.45) is 0. The molecule has 0 saturated carbocycles. The molecule has 11 aromatic rings. The number of nitrogens with zero attached hydrogens (tertiary/aromatic N) is 1. The summed E-state index contributed by atoms with van der Waals surface area (Å²) in [4.78, 5) is 2.31. The fourth-order valence-corrected chi connectivity index (χ4v) is 8.99. The summed E-state index contributed by atoms with van der Waals surface area (Å²) in [6, 6.07) is 91.4. The summed E-state index contributed by atoms with van der Waals surface area (Å²) in [5, 5.41) is 2.22. The number of furan rings is 1. The zero-order chi connectivity index (χ0) is 42.0. The molecule has 0 aliphatic rings. The maximum absolute atomic E-state index is 6.40. The van der Waals surface area contributed by atoms with Crippen LogP contribution in [-0.4, -0.2) is 0 Å². The lowest BCUT2D eigenvalue weighted by Gasteiger charge is -2.26. The molecule has 0 radical (unpaired) electrons. The summed E-state index contributed by atoms with van der Waals surface area (Å²) < 4.78 is 6.40. The van der Waals surface area contributed by atoms with E-state index in [1.807, 2.05) is 0 Å². The molecule has 2 heteroatoms. The molecule has 0 fully saturated rings. The third kappa shape index (κ3) is 7.60. The van der Waals surface area contributed by atoms with Gasteiger partial charge in [0.1, 0.15) is 11.2 Å². The van der Waals surface area contributed by atoms with Gasteiger partial charge in [-0.25, -0.2) is 0 Å². The van der Waals surface area contributed by atoms with E-state index in [-0.39, 0.29) is 5.92 Å². The van der Waals surface area contributed by atoms with Crippen molar-refractivity contribution < 1.29 is 4.42 Å². The number of benzene rings is 10. The predicted octanol–water partition coefficient (Wildman–Crippen LogP) is 16.9. The van der Waals surface area contributed by atoms with Gasteiger partial charge in [-0.1, -0.05) is 194 Å². The van der Waals surface area contributed by atoms with Gasteiger partial charge in [-0.15, -0.1) is 0 Å². The minimum atomic E-state index is 0.116. The van der Waals surface area contributed by atoms with E-state index in [2.05, 4.69) is 260 Å². The van der Waals surface area contributed by atoms with Crippen LogP contribution in [0.1, 0.15) is 22.6 Å². The van der Waals surface area contributed by atoms with Crippen molar-refractivity contribution in [2.45, 2.75) is 5.92 Å². The first-order chi connectivity index (χ1) is 31.2. The largest absolute Gasteiger partial charge is 0.456 e. The molecule has 10 aromatic carbocycles. The Balaban J connectivity index is 0.884. The standard InChI is InChI=1S/C61H43NO/c1-5-13-43(14-6-1)45-21-25-50(26-22-45)61(49-17-9-3-10-18-49)51-27-23-47(24-28-51)52-33-39-59-57(41-52)58-42-53(34-40-60(58)63-59)48-31-37-56(38-32-48)62(54-19-11-4-12-20-54)55-35-29-46(30-36-55)44-15-7-2-8-16-44/h1-42,61H. The van der Waals surface area contributed by atoms with E-state index in [9.17, 15) is 0 Å². The van der Waals surface area contributed by atoms with Gasteiger partial charge < -0.3 is 9.32 Å². The van der Waals surface area contributed by atoms with Gasteiger partial charge in [0.05, 0.1) is 0 Å². The number of anilines is 3. The summed E-state index contributed by atoms with van der Waals surface area (Å²) >= 11 is 0. The Bertz CT molecular complexity index is 3040. The molecule has 1 atom stereocenters. The van der Waals surface area contributed by atoms with Crippen molar-refractivity contribution >= 4 is 39.0 Å². The van der Waals surface area contributed by atoms with Crippen LogP contribution >= 0.6 is 0 Å². The van der Waals surface area contributed by atoms with Crippen molar-refractivity contribution in [2.75, 3.05) is 4.90 Å². The third-order valence-corrected chi connectivity index (χ3v) is 12.2. The number of hydrogen-bond donors (Lipinski definition) is 0. The number of para-hydroxylation sites is 1. The first kappa shape index (κ1) is 37.8. The van der Waals surface area contributed by atoms with Crippen LogP contribution in [0.2, 0.25) is 0 Å². The molecular formula is C61H43NO. The Kier molecular flexibility index (Phi) is 10.0. The summed E-state index contributed by atoms with van der Waals surface area (Å²) in [7, 11) is 0. The van der Waals surface area contributed by atoms with E-state index in [4.69, 9.17) is 4.42 Å². The molecule has 0 spiro atoms. The van der Waals surface area contributed by atoms with Crippen molar-refractivity contribution in [3.8, 4) is 44.5 Å². The summed E-state index contributed by atoms with van der Waals surface area (Å²) in [5.74, 6) is 0.116. The van der Waals surface area contributed by atoms with E-state index in [1.54, 1.807) is 0 Å². The molecule has 0 saturated heterocycles. The van der Waals surface area contributed by atoms with Crippen LogP contribution in [0.25, 0.3) is 66.4 Å². The van der Waals surface area contributed by atoms with E-state index >= 15 is 0 Å². The molecule has 298 valence electrons. The summed E-state index contributed by atoms with van der Waals surface area (Å²) in [6.45, 7) is 0. The molecule has 1 unspecified atom stereocenters. The van der Waals surface area contributed by atoms with Crippen LogP contribution in [0.3, 0.4) is 0 Å². The topological polar surface area (TPSA) is 16.4 Å². The minimum Gasteiger partial charge on any atom is -0.456 e. The van der Waals surface area contributed by atoms with Crippen molar-refractivity contribution in [1.29, 1.82) is 0 Å². The smallest absolute Gasteiger partial charge is 0.135 e. The van der Waals surface area contributed by atoms with Gasteiger partial charge in [0.2, 0.25) is 0 Å². The summed E-state index contributed by atoms with van der Waals surface area (Å²) in [5.41, 5.74) is 18.4. The highest BCUT2D eigenvalue weighted by molar-refractivity contribution is 6.07. The lowest BCUT2D eigenvalue weighted by molar-refractivity contribution is 0.669. The molecule has 11 rings (SSSR count). The normalized spacial score (nSPS) is 11.7. The van der Waals surface area contributed by atoms with Crippen LogP contribution in [0.5, 0.6) is 0 Å². The molecule has 0 aliphatic carbocycles.